The van der Waals surface area contributed by atoms with Gasteiger partial charge in [0.15, 0.2) is 0 Å². The molecule has 0 saturated heterocycles. The Morgan fingerprint density at radius 1 is 1.33 bits per heavy atom. The number of methoxy groups -OCH3 is 1. The molecule has 0 spiro atoms. The summed E-state index contributed by atoms with van der Waals surface area (Å²) >= 11 is 0. The SMILES string of the molecule is CC=C(C)CCNC(=O)Cc1ccc(OC)cc1. The van der Waals surface area contributed by atoms with E-state index in [0.717, 1.165) is 17.7 Å². The van der Waals surface area contributed by atoms with E-state index >= 15 is 0 Å². The Balaban J connectivity index is 2.35. The van der Waals surface area contributed by atoms with Crippen molar-refractivity contribution in [2.75, 3.05) is 13.7 Å². The van der Waals surface area contributed by atoms with Gasteiger partial charge in [0.05, 0.1) is 13.5 Å². The van der Waals surface area contributed by atoms with E-state index in [1.807, 2.05) is 31.2 Å². The van der Waals surface area contributed by atoms with Crippen molar-refractivity contribution in [3.8, 4) is 5.75 Å². The van der Waals surface area contributed by atoms with E-state index in [4.69, 9.17) is 4.74 Å². The lowest BCUT2D eigenvalue weighted by atomic mass is 10.1. The number of allylic oxidation sites excluding steroid dienone is 1. The average Bonchev–Trinajstić information content (AvgIpc) is 2.39. The fourth-order valence-electron chi connectivity index (χ4n) is 1.53. The third kappa shape index (κ3) is 5.04. The molecule has 18 heavy (non-hydrogen) atoms. The highest BCUT2D eigenvalue weighted by atomic mass is 16.5. The normalized spacial score (nSPS) is 11.2. The molecular formula is C15H21NO2. The zero-order chi connectivity index (χ0) is 13.4. The lowest BCUT2D eigenvalue weighted by molar-refractivity contribution is -0.120. The number of carbonyl (C=O) groups excluding carboxylic acids is 1. The van der Waals surface area contributed by atoms with Gasteiger partial charge in [0.2, 0.25) is 5.91 Å². The first-order chi connectivity index (χ1) is 8.65. The lowest BCUT2D eigenvalue weighted by Gasteiger charge is -2.06. The Morgan fingerprint density at radius 3 is 2.56 bits per heavy atom. The van der Waals surface area contributed by atoms with Gasteiger partial charge >= 0.3 is 0 Å². The molecule has 0 aliphatic carbocycles. The molecule has 0 heterocycles. The molecule has 0 atom stereocenters. The molecule has 0 saturated carbocycles. The Kier molecular flexibility index (Phi) is 5.98. The first-order valence-electron chi connectivity index (χ1n) is 6.17. The number of benzene rings is 1. The quantitative estimate of drug-likeness (QED) is 0.785. The molecule has 1 aromatic rings. The minimum Gasteiger partial charge on any atom is -0.497 e. The molecule has 0 radical (unpaired) electrons. The highest BCUT2D eigenvalue weighted by Gasteiger charge is 2.03. The first-order valence-corrected chi connectivity index (χ1v) is 6.17. The molecule has 1 aromatic carbocycles. The molecule has 3 nitrogen and oxygen atoms in total. The molecule has 0 aromatic heterocycles. The number of nitrogens with one attached hydrogen (secondary N) is 1. The van der Waals surface area contributed by atoms with E-state index in [2.05, 4.69) is 18.3 Å². The van der Waals surface area contributed by atoms with Crippen LogP contribution in [-0.2, 0) is 11.2 Å². The third-order valence-corrected chi connectivity index (χ3v) is 2.86. The van der Waals surface area contributed by atoms with Crippen molar-refractivity contribution in [1.29, 1.82) is 0 Å². The van der Waals surface area contributed by atoms with Gasteiger partial charge in [-0.15, -0.1) is 0 Å². The van der Waals surface area contributed by atoms with Gasteiger partial charge in [-0.2, -0.15) is 0 Å². The van der Waals surface area contributed by atoms with Crippen LogP contribution >= 0.6 is 0 Å². The summed E-state index contributed by atoms with van der Waals surface area (Å²) < 4.78 is 5.07. The fraction of sp³-hybridized carbons (Fsp3) is 0.400. The van der Waals surface area contributed by atoms with Crippen molar-refractivity contribution >= 4 is 5.91 Å². The highest BCUT2D eigenvalue weighted by Crippen LogP contribution is 2.11. The summed E-state index contributed by atoms with van der Waals surface area (Å²) in [6.45, 7) is 4.77. The van der Waals surface area contributed by atoms with E-state index in [1.165, 1.54) is 5.57 Å². The molecule has 1 amide bonds. The van der Waals surface area contributed by atoms with Crippen LogP contribution < -0.4 is 10.1 Å². The molecule has 98 valence electrons. The van der Waals surface area contributed by atoms with Gasteiger partial charge in [0.1, 0.15) is 5.75 Å². The van der Waals surface area contributed by atoms with Crippen LogP contribution in [0.3, 0.4) is 0 Å². The molecule has 0 aliphatic heterocycles. The van der Waals surface area contributed by atoms with Crippen molar-refractivity contribution in [2.45, 2.75) is 26.7 Å². The molecule has 0 bridgehead atoms. The monoisotopic (exact) mass is 247 g/mol. The summed E-state index contributed by atoms with van der Waals surface area (Å²) in [5, 5.41) is 2.91. The predicted molar refractivity (Wildman–Crippen MR) is 73.8 cm³/mol. The second kappa shape index (κ2) is 7.54. The van der Waals surface area contributed by atoms with Crippen LogP contribution in [0, 0.1) is 0 Å². The Bertz CT molecular complexity index is 407. The largest absolute Gasteiger partial charge is 0.497 e. The maximum absolute atomic E-state index is 11.7. The van der Waals surface area contributed by atoms with Crippen LogP contribution in [-0.4, -0.2) is 19.6 Å². The molecule has 0 aliphatic rings. The number of hydrogen-bond acceptors (Lipinski definition) is 2. The minimum atomic E-state index is 0.0593. The Morgan fingerprint density at radius 2 is 2.00 bits per heavy atom. The maximum Gasteiger partial charge on any atom is 0.224 e. The summed E-state index contributed by atoms with van der Waals surface area (Å²) in [6, 6.07) is 7.56. The van der Waals surface area contributed by atoms with Gasteiger partial charge < -0.3 is 10.1 Å². The topological polar surface area (TPSA) is 38.3 Å². The smallest absolute Gasteiger partial charge is 0.224 e. The van der Waals surface area contributed by atoms with Crippen molar-refractivity contribution in [3.05, 3.63) is 41.5 Å². The van der Waals surface area contributed by atoms with Crippen LogP contribution in [0.2, 0.25) is 0 Å². The van der Waals surface area contributed by atoms with Crippen LogP contribution in [0.5, 0.6) is 5.75 Å². The Labute approximate surface area is 109 Å². The second-order valence-electron chi connectivity index (χ2n) is 4.26. The van der Waals surface area contributed by atoms with Crippen molar-refractivity contribution in [1.82, 2.24) is 5.32 Å². The number of hydrogen-bond donors (Lipinski definition) is 1. The summed E-state index contributed by atoms with van der Waals surface area (Å²) in [5.41, 5.74) is 2.29. The van der Waals surface area contributed by atoms with E-state index in [0.29, 0.717) is 13.0 Å². The van der Waals surface area contributed by atoms with Crippen LogP contribution in [0.1, 0.15) is 25.8 Å². The molecule has 0 fully saturated rings. The number of carbonyl (C=O) groups is 1. The first kappa shape index (κ1) is 14.3. The van der Waals surface area contributed by atoms with E-state index in [-0.39, 0.29) is 5.91 Å². The third-order valence-electron chi connectivity index (χ3n) is 2.86. The molecule has 0 unspecified atom stereocenters. The zero-order valence-electron chi connectivity index (χ0n) is 11.3. The lowest BCUT2D eigenvalue weighted by Crippen LogP contribution is -2.26. The summed E-state index contributed by atoms with van der Waals surface area (Å²) in [6.07, 6.45) is 3.39. The van der Waals surface area contributed by atoms with E-state index < -0.39 is 0 Å². The predicted octanol–water partition coefficient (Wildman–Crippen LogP) is 2.71. The number of ether oxygens (including phenoxy) is 1. The van der Waals surface area contributed by atoms with E-state index in [1.54, 1.807) is 7.11 Å². The minimum absolute atomic E-state index is 0.0593. The molecule has 1 N–H and O–H groups in total. The van der Waals surface area contributed by atoms with Crippen molar-refractivity contribution in [2.24, 2.45) is 0 Å². The summed E-state index contributed by atoms with van der Waals surface area (Å²) in [7, 11) is 1.63. The standard InChI is InChI=1S/C15H21NO2/c1-4-12(2)9-10-16-15(17)11-13-5-7-14(18-3)8-6-13/h4-8H,9-11H2,1-3H3,(H,16,17). The Hall–Kier alpha value is -1.77. The maximum atomic E-state index is 11.7. The van der Waals surface area contributed by atoms with Crippen molar-refractivity contribution < 1.29 is 9.53 Å². The van der Waals surface area contributed by atoms with E-state index in [9.17, 15) is 4.79 Å². The second-order valence-corrected chi connectivity index (χ2v) is 4.26. The van der Waals surface area contributed by atoms with Crippen LogP contribution in [0.4, 0.5) is 0 Å². The van der Waals surface area contributed by atoms with Gasteiger partial charge in [-0.25, -0.2) is 0 Å². The number of rotatable bonds is 6. The number of amides is 1. The fourth-order valence-corrected chi connectivity index (χ4v) is 1.53. The van der Waals surface area contributed by atoms with Gasteiger partial charge in [-0.05, 0) is 38.0 Å². The van der Waals surface area contributed by atoms with Crippen molar-refractivity contribution in [3.63, 3.8) is 0 Å². The summed E-state index contributed by atoms with van der Waals surface area (Å²) in [5.74, 6) is 0.868. The molecule has 3 heteroatoms. The van der Waals surface area contributed by atoms with Gasteiger partial charge in [-0.1, -0.05) is 23.8 Å². The summed E-state index contributed by atoms with van der Waals surface area (Å²) in [4.78, 5) is 11.7. The zero-order valence-corrected chi connectivity index (χ0v) is 11.3. The molecular weight excluding hydrogens is 226 g/mol. The van der Waals surface area contributed by atoms with Gasteiger partial charge in [0.25, 0.3) is 0 Å². The van der Waals surface area contributed by atoms with Crippen LogP contribution in [0.25, 0.3) is 0 Å². The van der Waals surface area contributed by atoms with Gasteiger partial charge in [0, 0.05) is 6.54 Å². The highest BCUT2D eigenvalue weighted by molar-refractivity contribution is 5.78. The van der Waals surface area contributed by atoms with Crippen LogP contribution in [0.15, 0.2) is 35.9 Å². The van der Waals surface area contributed by atoms with Gasteiger partial charge in [-0.3, -0.25) is 4.79 Å². The average molecular weight is 247 g/mol. The molecule has 1 rings (SSSR count).